The van der Waals surface area contributed by atoms with Gasteiger partial charge >= 0.3 is 0 Å². The van der Waals surface area contributed by atoms with E-state index in [1.54, 1.807) is 38.4 Å². The number of nitrogens with zero attached hydrogens (tertiary/aromatic N) is 1. The van der Waals surface area contributed by atoms with Crippen molar-refractivity contribution in [2.45, 2.75) is 70.9 Å². The van der Waals surface area contributed by atoms with Gasteiger partial charge in [-0.1, -0.05) is 43.5 Å². The van der Waals surface area contributed by atoms with Crippen molar-refractivity contribution in [2.24, 2.45) is 0 Å². The van der Waals surface area contributed by atoms with Crippen molar-refractivity contribution in [3.8, 4) is 17.2 Å². The lowest BCUT2D eigenvalue weighted by molar-refractivity contribution is -0.127. The van der Waals surface area contributed by atoms with E-state index in [0.717, 1.165) is 53.3 Å². The smallest absolute Gasteiger partial charge is 0.248 e. The molecular weight excluding hydrogens is 554 g/mol. The molecule has 1 saturated carbocycles. The lowest BCUT2D eigenvalue weighted by atomic mass is 9.94. The quantitative estimate of drug-likeness (QED) is 0.195. The monoisotopic (exact) mass is 597 g/mol. The van der Waals surface area contributed by atoms with Crippen molar-refractivity contribution in [1.29, 1.82) is 0 Å². The summed E-state index contributed by atoms with van der Waals surface area (Å²) < 4.78 is 16.9. The van der Waals surface area contributed by atoms with E-state index in [2.05, 4.69) is 22.4 Å². The maximum Gasteiger partial charge on any atom is 0.248 e. The van der Waals surface area contributed by atoms with Crippen molar-refractivity contribution < 1.29 is 23.8 Å². The first-order valence-electron chi connectivity index (χ1n) is 15.4. The van der Waals surface area contributed by atoms with E-state index >= 15 is 0 Å². The molecule has 1 fully saturated rings. The van der Waals surface area contributed by atoms with Gasteiger partial charge in [0, 0.05) is 35.2 Å². The Bertz CT molecular complexity index is 1580. The van der Waals surface area contributed by atoms with Crippen LogP contribution in [-0.4, -0.2) is 44.2 Å². The second kappa shape index (κ2) is 13.9. The Morgan fingerprint density at radius 3 is 2.20 bits per heavy atom. The molecule has 8 nitrogen and oxygen atoms in total. The molecule has 1 unspecified atom stereocenters. The fourth-order valence-corrected chi connectivity index (χ4v) is 6.43. The van der Waals surface area contributed by atoms with Crippen LogP contribution in [0.2, 0.25) is 0 Å². The maximum atomic E-state index is 14.5. The van der Waals surface area contributed by atoms with Crippen LogP contribution in [0.1, 0.15) is 66.8 Å². The molecule has 8 heteroatoms. The molecule has 44 heavy (non-hydrogen) atoms. The molecule has 0 aliphatic heterocycles. The van der Waals surface area contributed by atoms with Crippen molar-refractivity contribution in [3.05, 3.63) is 83.0 Å². The summed E-state index contributed by atoms with van der Waals surface area (Å²) >= 11 is 0. The van der Waals surface area contributed by atoms with Gasteiger partial charge in [0.2, 0.25) is 17.6 Å². The number of methoxy groups -OCH3 is 3. The van der Waals surface area contributed by atoms with E-state index in [9.17, 15) is 9.59 Å². The SMILES string of the molecule is COc1cc(C(C(=O)NC2CCCCC2)N(C(=O)CCc2c[nH]c3ccccc23)c2cc(C)cc(C)c2)cc(OC)c1OC. The number of hydrogen-bond acceptors (Lipinski definition) is 5. The largest absolute Gasteiger partial charge is 0.493 e. The van der Waals surface area contributed by atoms with Crippen LogP contribution in [0.4, 0.5) is 5.69 Å². The Balaban J connectivity index is 1.61. The average Bonchev–Trinajstić information content (AvgIpc) is 3.44. The van der Waals surface area contributed by atoms with Crippen LogP contribution in [0.15, 0.2) is 60.8 Å². The number of ether oxygens (including phenoxy) is 3. The number of rotatable bonds is 11. The Kier molecular flexibility index (Phi) is 9.78. The predicted molar refractivity (Wildman–Crippen MR) is 174 cm³/mol. The summed E-state index contributed by atoms with van der Waals surface area (Å²) in [6.45, 7) is 4.00. The molecule has 3 aromatic carbocycles. The lowest BCUT2D eigenvalue weighted by Crippen LogP contribution is -2.47. The highest BCUT2D eigenvalue weighted by atomic mass is 16.5. The molecule has 232 valence electrons. The zero-order valence-corrected chi connectivity index (χ0v) is 26.4. The van der Waals surface area contributed by atoms with Gasteiger partial charge in [0.1, 0.15) is 6.04 Å². The van der Waals surface area contributed by atoms with Gasteiger partial charge in [-0.05, 0) is 85.7 Å². The summed E-state index contributed by atoms with van der Waals surface area (Å²) in [5.41, 5.74) is 5.35. The number of hydrogen-bond donors (Lipinski definition) is 2. The van der Waals surface area contributed by atoms with Crippen LogP contribution in [0, 0.1) is 13.8 Å². The summed E-state index contributed by atoms with van der Waals surface area (Å²) in [6, 6.07) is 16.7. The second-order valence-corrected chi connectivity index (χ2v) is 11.7. The first-order chi connectivity index (χ1) is 21.3. The third-order valence-electron chi connectivity index (χ3n) is 8.50. The van der Waals surface area contributed by atoms with Crippen LogP contribution in [0.3, 0.4) is 0 Å². The average molecular weight is 598 g/mol. The van der Waals surface area contributed by atoms with Crippen LogP contribution < -0.4 is 24.4 Å². The number of H-pyrrole nitrogens is 1. The number of amides is 2. The molecule has 0 saturated heterocycles. The zero-order valence-electron chi connectivity index (χ0n) is 26.4. The Labute approximate surface area is 259 Å². The van der Waals surface area contributed by atoms with E-state index in [1.165, 1.54) is 6.42 Å². The summed E-state index contributed by atoms with van der Waals surface area (Å²) in [7, 11) is 4.64. The Morgan fingerprint density at radius 1 is 0.909 bits per heavy atom. The Morgan fingerprint density at radius 2 is 1.57 bits per heavy atom. The number of nitrogens with one attached hydrogen (secondary N) is 2. The van der Waals surface area contributed by atoms with E-state index in [4.69, 9.17) is 14.2 Å². The number of aryl methyl sites for hydroxylation is 3. The number of carbonyl (C=O) groups excluding carboxylic acids is 2. The molecule has 0 spiro atoms. The maximum absolute atomic E-state index is 14.5. The number of benzene rings is 3. The van der Waals surface area contributed by atoms with Crippen LogP contribution in [0.5, 0.6) is 17.2 Å². The minimum absolute atomic E-state index is 0.0585. The van der Waals surface area contributed by atoms with Crippen molar-refractivity contribution >= 4 is 28.4 Å². The van der Waals surface area contributed by atoms with Gasteiger partial charge in [-0.15, -0.1) is 0 Å². The van der Waals surface area contributed by atoms with E-state index < -0.39 is 6.04 Å². The van der Waals surface area contributed by atoms with Crippen molar-refractivity contribution in [2.75, 3.05) is 26.2 Å². The number of fused-ring (bicyclic) bond motifs is 1. The molecule has 0 radical (unpaired) electrons. The number of aromatic amines is 1. The van der Waals surface area contributed by atoms with Crippen LogP contribution >= 0.6 is 0 Å². The first-order valence-corrected chi connectivity index (χ1v) is 15.4. The summed E-state index contributed by atoms with van der Waals surface area (Å²) in [6.07, 6.45) is 7.87. The zero-order chi connectivity index (χ0) is 31.2. The van der Waals surface area contributed by atoms with Crippen molar-refractivity contribution in [1.82, 2.24) is 10.3 Å². The molecule has 1 aliphatic rings. The molecule has 0 bridgehead atoms. The standard InChI is InChI=1S/C36H43N3O5/c1-23-17-24(2)19-28(18-23)39(33(40)16-15-25-22-37-30-14-10-9-13-29(25)30)34(36(41)38-27-11-7-6-8-12-27)26-20-31(42-3)35(44-5)32(21-26)43-4/h9-10,13-14,17-22,27,34,37H,6-8,11-12,15-16H2,1-5H3,(H,38,41). The number of aromatic nitrogens is 1. The van der Waals surface area contributed by atoms with Gasteiger partial charge in [-0.3, -0.25) is 14.5 Å². The first kappa shape index (κ1) is 31.0. The normalized spacial score (nSPS) is 14.2. The van der Waals surface area contributed by atoms with E-state index in [1.807, 2.05) is 50.4 Å². The van der Waals surface area contributed by atoms with Crippen LogP contribution in [0.25, 0.3) is 10.9 Å². The lowest BCUT2D eigenvalue weighted by Gasteiger charge is -2.34. The minimum Gasteiger partial charge on any atom is -0.493 e. The topological polar surface area (TPSA) is 92.9 Å². The van der Waals surface area contributed by atoms with E-state index in [0.29, 0.717) is 34.9 Å². The van der Waals surface area contributed by atoms with Gasteiger partial charge < -0.3 is 24.5 Å². The molecule has 1 aliphatic carbocycles. The summed E-state index contributed by atoms with van der Waals surface area (Å²) in [4.78, 5) is 33.9. The van der Waals surface area contributed by atoms with Crippen molar-refractivity contribution in [3.63, 3.8) is 0 Å². The molecule has 5 rings (SSSR count). The fourth-order valence-electron chi connectivity index (χ4n) is 6.43. The molecule has 2 amide bonds. The van der Waals surface area contributed by atoms with Gasteiger partial charge in [0.25, 0.3) is 0 Å². The van der Waals surface area contributed by atoms with Gasteiger partial charge in [-0.2, -0.15) is 0 Å². The fraction of sp³-hybridized carbons (Fsp3) is 0.389. The number of para-hydroxylation sites is 1. The highest BCUT2D eigenvalue weighted by Gasteiger charge is 2.35. The second-order valence-electron chi connectivity index (χ2n) is 11.7. The molecule has 1 heterocycles. The van der Waals surface area contributed by atoms with E-state index in [-0.39, 0.29) is 24.3 Å². The number of anilines is 1. The molecule has 1 aromatic heterocycles. The predicted octanol–water partition coefficient (Wildman–Crippen LogP) is 6.97. The van der Waals surface area contributed by atoms with Gasteiger partial charge in [0.15, 0.2) is 11.5 Å². The summed E-state index contributed by atoms with van der Waals surface area (Å²) in [5.74, 6) is 0.880. The molecule has 2 N–H and O–H groups in total. The minimum atomic E-state index is -0.970. The van der Waals surface area contributed by atoms with Crippen LogP contribution in [-0.2, 0) is 16.0 Å². The third kappa shape index (κ3) is 6.69. The molecule has 4 aromatic rings. The van der Waals surface area contributed by atoms with Gasteiger partial charge in [-0.25, -0.2) is 0 Å². The number of carbonyl (C=O) groups is 2. The highest BCUT2D eigenvalue weighted by Crippen LogP contribution is 2.42. The van der Waals surface area contributed by atoms with Gasteiger partial charge in [0.05, 0.1) is 21.3 Å². The summed E-state index contributed by atoms with van der Waals surface area (Å²) in [5, 5.41) is 4.39. The third-order valence-corrected chi connectivity index (χ3v) is 8.50. The highest BCUT2D eigenvalue weighted by molar-refractivity contribution is 6.02. The Hall–Kier alpha value is -4.46. The molecule has 1 atom stereocenters. The molecular formula is C36H43N3O5.